The lowest BCUT2D eigenvalue weighted by Gasteiger charge is -2.14. The number of aryl methyl sites for hydroxylation is 3. The maximum atomic E-state index is 12.7. The van der Waals surface area contributed by atoms with E-state index in [0.717, 1.165) is 29.7 Å². The van der Waals surface area contributed by atoms with Crippen LogP contribution in [-0.4, -0.2) is 28.3 Å². The van der Waals surface area contributed by atoms with E-state index in [4.69, 9.17) is 4.74 Å². The minimum absolute atomic E-state index is 0.0167. The Kier molecular flexibility index (Phi) is 6.61. The van der Waals surface area contributed by atoms with E-state index in [1.54, 1.807) is 31.2 Å². The number of hydrogen-bond acceptors (Lipinski definition) is 5. The van der Waals surface area contributed by atoms with Gasteiger partial charge in [-0.1, -0.05) is 50.2 Å². The summed E-state index contributed by atoms with van der Waals surface area (Å²) < 4.78 is 6.44. The number of amides is 1. The maximum absolute atomic E-state index is 12.7. The maximum Gasteiger partial charge on any atom is 0.359 e. The zero-order chi connectivity index (χ0) is 21.7. The van der Waals surface area contributed by atoms with E-state index in [1.165, 1.54) is 4.68 Å². The van der Waals surface area contributed by atoms with Crippen LogP contribution in [0.15, 0.2) is 47.3 Å². The van der Waals surface area contributed by atoms with Gasteiger partial charge in [-0.05, 0) is 37.0 Å². The SMILES string of the molecule is CCc1cccc(CC)c1NC(=O)COC(=O)c1nn(CC)c(=O)c2ccccc12. The topological polar surface area (TPSA) is 90.3 Å². The second kappa shape index (κ2) is 9.35. The molecular formula is C23H25N3O4. The zero-order valence-electron chi connectivity index (χ0n) is 17.4. The Labute approximate surface area is 174 Å². The van der Waals surface area contributed by atoms with Crippen LogP contribution < -0.4 is 10.9 Å². The number of hydrogen-bond donors (Lipinski definition) is 1. The third-order valence-corrected chi connectivity index (χ3v) is 4.96. The molecular weight excluding hydrogens is 382 g/mol. The number of nitrogens with zero attached hydrogens (tertiary/aromatic N) is 2. The molecule has 0 spiro atoms. The van der Waals surface area contributed by atoms with Crippen molar-refractivity contribution in [2.75, 3.05) is 11.9 Å². The molecule has 7 nitrogen and oxygen atoms in total. The number of benzene rings is 2. The van der Waals surface area contributed by atoms with Crippen LogP contribution in [0.3, 0.4) is 0 Å². The molecule has 1 N–H and O–H groups in total. The molecule has 0 saturated heterocycles. The molecule has 30 heavy (non-hydrogen) atoms. The number of ether oxygens (including phenoxy) is 1. The number of carbonyl (C=O) groups excluding carboxylic acids is 2. The van der Waals surface area contributed by atoms with Crippen LogP contribution in [0.2, 0.25) is 0 Å². The second-order valence-electron chi connectivity index (χ2n) is 6.80. The van der Waals surface area contributed by atoms with Crippen molar-refractivity contribution in [3.63, 3.8) is 0 Å². The van der Waals surface area contributed by atoms with Gasteiger partial charge in [-0.25, -0.2) is 9.48 Å². The molecule has 156 valence electrons. The number of fused-ring (bicyclic) bond motifs is 1. The largest absolute Gasteiger partial charge is 0.451 e. The summed E-state index contributed by atoms with van der Waals surface area (Å²) in [6.45, 7) is 5.68. The van der Waals surface area contributed by atoms with Crippen LogP contribution in [0.4, 0.5) is 5.69 Å². The minimum Gasteiger partial charge on any atom is -0.451 e. The number of esters is 1. The van der Waals surface area contributed by atoms with Gasteiger partial charge in [-0.15, -0.1) is 0 Å². The second-order valence-corrected chi connectivity index (χ2v) is 6.80. The highest BCUT2D eigenvalue weighted by Crippen LogP contribution is 2.22. The Balaban J connectivity index is 1.79. The zero-order valence-corrected chi connectivity index (χ0v) is 17.4. The molecule has 3 rings (SSSR count). The highest BCUT2D eigenvalue weighted by atomic mass is 16.5. The predicted molar refractivity (Wildman–Crippen MR) is 116 cm³/mol. The van der Waals surface area contributed by atoms with Crippen LogP contribution in [0.25, 0.3) is 10.8 Å². The normalized spacial score (nSPS) is 10.8. The summed E-state index contributed by atoms with van der Waals surface area (Å²) in [7, 11) is 0. The van der Waals surface area contributed by atoms with E-state index < -0.39 is 18.5 Å². The minimum atomic E-state index is -0.747. The summed E-state index contributed by atoms with van der Waals surface area (Å²) in [5, 5.41) is 7.79. The summed E-state index contributed by atoms with van der Waals surface area (Å²) in [6, 6.07) is 12.6. The van der Waals surface area contributed by atoms with Crippen molar-refractivity contribution in [2.24, 2.45) is 0 Å². The molecule has 0 bridgehead atoms. The van der Waals surface area contributed by atoms with Gasteiger partial charge in [0.05, 0.1) is 5.39 Å². The fourth-order valence-corrected chi connectivity index (χ4v) is 3.38. The number of nitrogens with one attached hydrogen (secondary N) is 1. The molecule has 0 saturated carbocycles. The number of aromatic nitrogens is 2. The Bertz CT molecular complexity index is 1130. The van der Waals surface area contributed by atoms with Gasteiger partial charge in [0.15, 0.2) is 12.3 Å². The molecule has 3 aromatic rings. The molecule has 0 aliphatic carbocycles. The molecule has 0 atom stereocenters. The van der Waals surface area contributed by atoms with E-state index in [0.29, 0.717) is 17.3 Å². The Morgan fingerprint density at radius 1 is 0.967 bits per heavy atom. The van der Waals surface area contributed by atoms with Crippen LogP contribution in [0.5, 0.6) is 0 Å². The van der Waals surface area contributed by atoms with Gasteiger partial charge in [0.2, 0.25) is 0 Å². The lowest BCUT2D eigenvalue weighted by atomic mass is 10.0. The standard InChI is InChI=1S/C23H25N3O4/c1-4-15-10-9-11-16(5-2)20(15)24-19(27)14-30-23(29)21-17-12-7-8-13-18(17)22(28)26(6-3)25-21/h7-13H,4-6,14H2,1-3H3,(H,24,27). The van der Waals surface area contributed by atoms with Crippen molar-refractivity contribution in [3.05, 3.63) is 69.6 Å². The van der Waals surface area contributed by atoms with Crippen molar-refractivity contribution < 1.29 is 14.3 Å². The fourth-order valence-electron chi connectivity index (χ4n) is 3.38. The smallest absolute Gasteiger partial charge is 0.359 e. The predicted octanol–water partition coefficient (Wildman–Crippen LogP) is 3.34. The summed E-state index contributed by atoms with van der Waals surface area (Å²) in [5.74, 6) is -1.17. The van der Waals surface area contributed by atoms with Gasteiger partial charge >= 0.3 is 5.97 Å². The van der Waals surface area contributed by atoms with E-state index in [2.05, 4.69) is 10.4 Å². The molecule has 1 heterocycles. The van der Waals surface area contributed by atoms with Crippen molar-refractivity contribution in [3.8, 4) is 0 Å². The first-order valence-corrected chi connectivity index (χ1v) is 10.1. The molecule has 0 radical (unpaired) electrons. The van der Waals surface area contributed by atoms with Crippen molar-refractivity contribution in [2.45, 2.75) is 40.2 Å². The Morgan fingerprint density at radius 3 is 2.20 bits per heavy atom. The highest BCUT2D eigenvalue weighted by Gasteiger charge is 2.19. The van der Waals surface area contributed by atoms with Crippen molar-refractivity contribution in [1.29, 1.82) is 0 Å². The number of anilines is 1. The Morgan fingerprint density at radius 2 is 1.60 bits per heavy atom. The Hall–Kier alpha value is -3.48. The first-order valence-electron chi connectivity index (χ1n) is 10.1. The average Bonchev–Trinajstić information content (AvgIpc) is 2.78. The van der Waals surface area contributed by atoms with Gasteiger partial charge in [0.1, 0.15) is 0 Å². The van der Waals surface area contributed by atoms with E-state index in [9.17, 15) is 14.4 Å². The van der Waals surface area contributed by atoms with Gasteiger partial charge in [0.25, 0.3) is 11.5 Å². The summed E-state index contributed by atoms with van der Waals surface area (Å²) in [6.07, 6.45) is 1.55. The van der Waals surface area contributed by atoms with Gasteiger partial charge in [-0.2, -0.15) is 5.10 Å². The van der Waals surface area contributed by atoms with Gasteiger partial charge in [0, 0.05) is 17.6 Å². The summed E-state index contributed by atoms with van der Waals surface area (Å²) >= 11 is 0. The number of para-hydroxylation sites is 1. The molecule has 1 aromatic heterocycles. The molecule has 0 unspecified atom stereocenters. The molecule has 7 heteroatoms. The van der Waals surface area contributed by atoms with Crippen LogP contribution in [0, 0.1) is 0 Å². The molecule has 0 aliphatic rings. The van der Waals surface area contributed by atoms with Gasteiger partial charge < -0.3 is 10.1 Å². The fraction of sp³-hybridized carbons (Fsp3) is 0.304. The van der Waals surface area contributed by atoms with E-state index >= 15 is 0 Å². The van der Waals surface area contributed by atoms with Gasteiger partial charge in [-0.3, -0.25) is 9.59 Å². The summed E-state index contributed by atoms with van der Waals surface area (Å²) in [5.41, 5.74) is 2.56. The third-order valence-electron chi connectivity index (χ3n) is 4.96. The van der Waals surface area contributed by atoms with Crippen molar-refractivity contribution >= 4 is 28.3 Å². The third kappa shape index (κ3) is 4.25. The van der Waals surface area contributed by atoms with Crippen LogP contribution >= 0.6 is 0 Å². The van der Waals surface area contributed by atoms with Crippen LogP contribution in [-0.2, 0) is 28.9 Å². The monoisotopic (exact) mass is 407 g/mol. The first-order chi connectivity index (χ1) is 14.5. The van der Waals surface area contributed by atoms with E-state index in [-0.39, 0.29) is 11.3 Å². The molecule has 0 fully saturated rings. The number of rotatable bonds is 7. The first kappa shape index (κ1) is 21.2. The average molecular weight is 407 g/mol. The highest BCUT2D eigenvalue weighted by molar-refractivity contribution is 6.03. The molecule has 0 aliphatic heterocycles. The van der Waals surface area contributed by atoms with Crippen molar-refractivity contribution in [1.82, 2.24) is 9.78 Å². The summed E-state index contributed by atoms with van der Waals surface area (Å²) in [4.78, 5) is 37.5. The lowest BCUT2D eigenvalue weighted by Crippen LogP contribution is -2.27. The number of carbonyl (C=O) groups is 2. The van der Waals surface area contributed by atoms with E-state index in [1.807, 2.05) is 32.0 Å². The quantitative estimate of drug-likeness (QED) is 0.607. The molecule has 2 aromatic carbocycles. The lowest BCUT2D eigenvalue weighted by molar-refractivity contribution is -0.119. The molecule has 1 amide bonds. The van der Waals surface area contributed by atoms with Crippen LogP contribution in [0.1, 0.15) is 42.4 Å².